The molecule has 49 heavy (non-hydrogen) atoms. The molecule has 0 radical (unpaired) electrons. The Bertz CT molecular complexity index is 2050. The summed E-state index contributed by atoms with van der Waals surface area (Å²) in [6, 6.07) is 7.38. The Morgan fingerprint density at radius 3 is 1.98 bits per heavy atom. The highest BCUT2D eigenvalue weighted by Crippen LogP contribution is 2.70. The van der Waals surface area contributed by atoms with E-state index in [-0.39, 0.29) is 23.6 Å². The molecule has 11 aliphatic rings. The number of aromatic hydroxyl groups is 2. The van der Waals surface area contributed by atoms with Crippen molar-refractivity contribution in [2.45, 2.75) is 111 Å². The average molecular weight is 662 g/mol. The van der Waals surface area contributed by atoms with Gasteiger partial charge in [0.2, 0.25) is 0 Å². The van der Waals surface area contributed by atoms with Crippen LogP contribution in [0.5, 0.6) is 23.0 Å². The second-order valence-corrected chi connectivity index (χ2v) is 17.8. The van der Waals surface area contributed by atoms with E-state index in [9.17, 15) is 20.4 Å². The number of rotatable bonds is 4. The lowest BCUT2D eigenvalue weighted by Crippen LogP contribution is -2.76. The molecule has 6 heterocycles. The summed E-state index contributed by atoms with van der Waals surface area (Å²) in [6.07, 6.45) is 7.24. The van der Waals surface area contributed by atoms with Crippen LogP contribution in [0, 0.1) is 11.8 Å². The van der Waals surface area contributed by atoms with Gasteiger partial charge in [0.05, 0.1) is 33.4 Å². The molecule has 2 saturated heterocycles. The molecule has 8 atom stereocenters. The van der Waals surface area contributed by atoms with Gasteiger partial charge in [-0.3, -0.25) is 9.80 Å². The summed E-state index contributed by atoms with van der Waals surface area (Å²) < 4.78 is 14.7. The van der Waals surface area contributed by atoms with E-state index in [1.54, 1.807) is 6.07 Å². The SMILES string of the molecule is Oc1cc2c3cc1O[C@H]1c4[nH]c5c6c4C[C@@]4(O)[C@H]7Cc8c(ccc(O)c8O[C@@H]5[C@]25CCN(CC2CC2)[C@H](C3)[C@]5(O)C6)[C@@]14CCN7CC1CC1. The Balaban J connectivity index is 1.16. The lowest BCUT2D eigenvalue weighted by atomic mass is 9.46. The molecule has 254 valence electrons. The van der Waals surface area contributed by atoms with Crippen molar-refractivity contribution in [2.24, 2.45) is 11.8 Å². The molecule has 2 saturated carbocycles. The minimum atomic E-state index is -1.19. The minimum absolute atomic E-state index is 0.0749. The molecule has 5 N–H and O–H groups in total. The third-order valence-electron chi connectivity index (χ3n) is 15.8. The van der Waals surface area contributed by atoms with E-state index < -0.39 is 34.2 Å². The smallest absolute Gasteiger partial charge is 0.165 e. The Morgan fingerprint density at radius 1 is 0.714 bits per heavy atom. The van der Waals surface area contributed by atoms with E-state index in [2.05, 4.69) is 20.9 Å². The number of hydrogen-bond acceptors (Lipinski definition) is 8. The zero-order valence-electron chi connectivity index (χ0n) is 27.7. The van der Waals surface area contributed by atoms with E-state index in [1.165, 1.54) is 25.7 Å². The van der Waals surface area contributed by atoms with Crippen LogP contribution < -0.4 is 9.47 Å². The van der Waals surface area contributed by atoms with Crippen LogP contribution in [0.25, 0.3) is 0 Å². The molecular weight excluding hydrogens is 618 g/mol. The monoisotopic (exact) mass is 661 g/mol. The highest BCUT2D eigenvalue weighted by atomic mass is 16.5. The van der Waals surface area contributed by atoms with Gasteiger partial charge in [0, 0.05) is 43.6 Å². The predicted octanol–water partition coefficient (Wildman–Crippen LogP) is 3.82. The number of likely N-dealkylation sites (tertiary alicyclic amines) is 2. The summed E-state index contributed by atoms with van der Waals surface area (Å²) in [7, 11) is 0. The van der Waals surface area contributed by atoms with Crippen LogP contribution in [-0.4, -0.2) is 84.7 Å². The van der Waals surface area contributed by atoms with Crippen molar-refractivity contribution in [3.05, 3.63) is 69.0 Å². The first-order chi connectivity index (χ1) is 23.7. The van der Waals surface area contributed by atoms with Crippen molar-refractivity contribution in [1.82, 2.24) is 14.8 Å². The summed E-state index contributed by atoms with van der Waals surface area (Å²) in [6.45, 7) is 3.63. The fraction of sp³-hybridized carbons (Fsp3) is 0.600. The number of aromatic nitrogens is 1. The number of phenolic OH excluding ortho intramolecular Hbond substituents is 2. The van der Waals surface area contributed by atoms with Crippen LogP contribution in [0.3, 0.4) is 0 Å². The molecule has 14 rings (SSSR count). The first-order valence-corrected chi connectivity index (χ1v) is 18.9. The molecule has 9 heteroatoms. The van der Waals surface area contributed by atoms with Crippen LogP contribution in [0.4, 0.5) is 0 Å². The van der Waals surface area contributed by atoms with Crippen molar-refractivity contribution < 1.29 is 29.9 Å². The maximum Gasteiger partial charge on any atom is 0.165 e. The maximum absolute atomic E-state index is 13.7. The van der Waals surface area contributed by atoms with Gasteiger partial charge in [-0.25, -0.2) is 0 Å². The zero-order valence-corrected chi connectivity index (χ0v) is 27.7. The van der Waals surface area contributed by atoms with Gasteiger partial charge in [-0.05, 0) is 122 Å². The maximum atomic E-state index is 13.7. The van der Waals surface area contributed by atoms with Gasteiger partial charge in [-0.15, -0.1) is 0 Å². The molecule has 2 spiro atoms. The highest BCUT2D eigenvalue weighted by Gasteiger charge is 2.74. The molecular formula is C40H43N3O6. The molecule has 6 aliphatic carbocycles. The Kier molecular flexibility index (Phi) is 4.64. The van der Waals surface area contributed by atoms with E-state index in [1.807, 2.05) is 12.1 Å². The Hall–Kier alpha value is -3.24. The quantitative estimate of drug-likeness (QED) is 0.286. The standard InChI is InChI=1S/C40H43N3O6/c44-27-6-5-25-22-13-31-40(47)16-23-24-15-39(46)30-12-21-11-29-28(45)14-26(21)38(39,8-10-42(30)17-19-1-2-19)36(49-34(22)27)33(24)41-32(23)35(48-29)37(25,40)7-9-43(31)18-20-3-4-20/h5-6,11,14,19-20,30-31,35-36,41,44-47H,1-4,7-10,12-13,15-18H2/t30-,31-,35+,36+,37+,38+,39-,40-/m1/s1. The van der Waals surface area contributed by atoms with Crippen LogP contribution >= 0.6 is 0 Å². The summed E-state index contributed by atoms with van der Waals surface area (Å²) >= 11 is 0. The number of H-pyrrole nitrogens is 1. The molecule has 0 amide bonds. The van der Waals surface area contributed by atoms with Crippen LogP contribution in [0.2, 0.25) is 0 Å². The summed E-state index contributed by atoms with van der Waals surface area (Å²) in [4.78, 5) is 9.00. The second kappa shape index (κ2) is 8.28. The number of aliphatic hydroxyl groups is 2. The lowest BCUT2D eigenvalue weighted by molar-refractivity contribution is -0.185. The second-order valence-electron chi connectivity index (χ2n) is 17.8. The number of fused-ring (bicyclic) bond motifs is 2. The van der Waals surface area contributed by atoms with Crippen molar-refractivity contribution in [3.63, 3.8) is 0 Å². The largest absolute Gasteiger partial charge is 0.504 e. The van der Waals surface area contributed by atoms with Gasteiger partial charge in [-0.2, -0.15) is 0 Å². The van der Waals surface area contributed by atoms with Crippen molar-refractivity contribution >= 4 is 0 Å². The average Bonchev–Trinajstić information content (AvgIpc) is 4.00. The minimum Gasteiger partial charge on any atom is -0.504 e. The topological polar surface area (TPSA) is 122 Å². The van der Waals surface area contributed by atoms with Crippen molar-refractivity contribution in [3.8, 4) is 23.0 Å². The van der Waals surface area contributed by atoms with E-state index in [0.717, 1.165) is 70.9 Å². The molecule has 4 fully saturated rings. The molecule has 9 nitrogen and oxygen atoms in total. The molecule has 3 aromatic rings. The van der Waals surface area contributed by atoms with Crippen LogP contribution in [0.1, 0.15) is 95.5 Å². The molecule has 14 bridgehead atoms. The number of phenols is 2. The van der Waals surface area contributed by atoms with Gasteiger partial charge in [0.1, 0.15) is 0 Å². The van der Waals surface area contributed by atoms with Gasteiger partial charge < -0.3 is 34.9 Å². The predicted molar refractivity (Wildman–Crippen MR) is 177 cm³/mol. The summed E-state index contributed by atoms with van der Waals surface area (Å²) in [5, 5.41) is 51.2. The lowest BCUT2D eigenvalue weighted by Gasteiger charge is -2.65. The third kappa shape index (κ3) is 2.91. The molecule has 5 aliphatic heterocycles. The van der Waals surface area contributed by atoms with Gasteiger partial charge >= 0.3 is 0 Å². The van der Waals surface area contributed by atoms with Gasteiger partial charge in [0.25, 0.3) is 0 Å². The number of nitrogens with one attached hydrogen (secondary N) is 1. The number of benzene rings is 2. The first kappa shape index (κ1) is 27.5. The third-order valence-corrected chi connectivity index (χ3v) is 15.8. The summed E-state index contributed by atoms with van der Waals surface area (Å²) in [5.74, 6) is 2.45. The fourth-order valence-corrected chi connectivity index (χ4v) is 13.3. The van der Waals surface area contributed by atoms with E-state index >= 15 is 0 Å². The number of piperidine rings is 2. The fourth-order valence-electron chi connectivity index (χ4n) is 13.3. The number of aromatic amines is 1. The van der Waals surface area contributed by atoms with Crippen LogP contribution in [-0.2, 0) is 36.5 Å². The van der Waals surface area contributed by atoms with Gasteiger partial charge in [0.15, 0.2) is 35.2 Å². The molecule has 1 aromatic heterocycles. The van der Waals surface area contributed by atoms with Crippen molar-refractivity contribution in [2.75, 3.05) is 26.2 Å². The van der Waals surface area contributed by atoms with E-state index in [0.29, 0.717) is 61.9 Å². The Labute approximate surface area is 284 Å². The van der Waals surface area contributed by atoms with Gasteiger partial charge in [-0.1, -0.05) is 6.07 Å². The van der Waals surface area contributed by atoms with Crippen molar-refractivity contribution in [1.29, 1.82) is 0 Å². The van der Waals surface area contributed by atoms with E-state index in [4.69, 9.17) is 9.47 Å². The molecule has 0 unspecified atom stereocenters. The molecule has 2 aromatic carbocycles. The number of hydrogen-bond donors (Lipinski definition) is 5. The first-order valence-electron chi connectivity index (χ1n) is 18.9. The highest BCUT2D eigenvalue weighted by molar-refractivity contribution is 5.65. The summed E-state index contributed by atoms with van der Waals surface area (Å²) in [5.41, 5.74) is 3.91. The van der Waals surface area contributed by atoms with Crippen LogP contribution in [0.15, 0.2) is 24.3 Å². The normalized spacial score (nSPS) is 41.3. The number of ether oxygens (including phenoxy) is 2. The number of nitrogens with zero attached hydrogens (tertiary/aromatic N) is 2. The Morgan fingerprint density at radius 2 is 1.33 bits per heavy atom. The zero-order chi connectivity index (χ0) is 32.4.